The zero-order valence-electron chi connectivity index (χ0n) is 13.7. The van der Waals surface area contributed by atoms with Gasteiger partial charge in [0.05, 0.1) is 7.11 Å². The van der Waals surface area contributed by atoms with Gasteiger partial charge in [-0.15, -0.1) is 0 Å². The van der Waals surface area contributed by atoms with Crippen molar-refractivity contribution in [2.75, 3.05) is 12.4 Å². The lowest BCUT2D eigenvalue weighted by atomic mass is 10.2. The summed E-state index contributed by atoms with van der Waals surface area (Å²) in [6, 6.07) is 17.9. The third-order valence-electron chi connectivity index (χ3n) is 3.95. The van der Waals surface area contributed by atoms with Gasteiger partial charge in [0, 0.05) is 12.1 Å². The lowest BCUT2D eigenvalue weighted by Crippen LogP contribution is -2.02. The van der Waals surface area contributed by atoms with Crippen molar-refractivity contribution >= 4 is 17.0 Å². The maximum Gasteiger partial charge on any atom is 0.183 e. The van der Waals surface area contributed by atoms with E-state index in [2.05, 4.69) is 25.3 Å². The van der Waals surface area contributed by atoms with Crippen molar-refractivity contribution in [2.45, 2.75) is 6.54 Å². The number of aromatic nitrogens is 4. The highest BCUT2D eigenvalue weighted by molar-refractivity contribution is 5.85. The molecule has 0 aliphatic rings. The van der Waals surface area contributed by atoms with Crippen LogP contribution in [0.4, 0.5) is 5.82 Å². The molecule has 0 fully saturated rings. The number of anilines is 1. The van der Waals surface area contributed by atoms with Crippen LogP contribution in [0.5, 0.6) is 5.75 Å². The van der Waals surface area contributed by atoms with Crippen LogP contribution in [0.15, 0.2) is 60.9 Å². The second-order valence-corrected chi connectivity index (χ2v) is 5.57. The second-order valence-electron chi connectivity index (χ2n) is 5.57. The number of hydrogen-bond donors (Lipinski definition) is 2. The van der Waals surface area contributed by atoms with Crippen LogP contribution in [-0.2, 0) is 6.54 Å². The molecule has 4 rings (SSSR count). The number of hydrogen-bond acceptors (Lipinski definition) is 5. The molecule has 0 bridgehead atoms. The van der Waals surface area contributed by atoms with Gasteiger partial charge in [0.15, 0.2) is 11.5 Å². The van der Waals surface area contributed by atoms with E-state index in [1.165, 1.54) is 6.33 Å². The van der Waals surface area contributed by atoms with E-state index in [0.29, 0.717) is 12.2 Å². The van der Waals surface area contributed by atoms with Crippen molar-refractivity contribution < 1.29 is 4.74 Å². The summed E-state index contributed by atoms with van der Waals surface area (Å²) in [4.78, 5) is 16.5. The third-order valence-corrected chi connectivity index (χ3v) is 3.95. The maximum absolute atomic E-state index is 5.18. The normalized spacial score (nSPS) is 10.8. The number of H-pyrrole nitrogens is 1. The molecule has 6 heteroatoms. The van der Waals surface area contributed by atoms with Crippen molar-refractivity contribution in [2.24, 2.45) is 0 Å². The number of imidazole rings is 1. The van der Waals surface area contributed by atoms with E-state index in [0.717, 1.165) is 34.0 Å². The van der Waals surface area contributed by atoms with Crippen LogP contribution in [-0.4, -0.2) is 27.0 Å². The monoisotopic (exact) mass is 331 g/mol. The zero-order chi connectivity index (χ0) is 17.1. The number of fused-ring (bicyclic) bond motifs is 1. The Morgan fingerprint density at radius 1 is 1.00 bits per heavy atom. The van der Waals surface area contributed by atoms with Crippen molar-refractivity contribution in [3.63, 3.8) is 0 Å². The topological polar surface area (TPSA) is 75.7 Å². The Labute approximate surface area is 144 Å². The van der Waals surface area contributed by atoms with E-state index in [-0.39, 0.29) is 0 Å². The average molecular weight is 331 g/mol. The molecule has 124 valence electrons. The average Bonchev–Trinajstić information content (AvgIpc) is 3.12. The van der Waals surface area contributed by atoms with Gasteiger partial charge in [-0.25, -0.2) is 15.0 Å². The molecule has 0 amide bonds. The molecular weight excluding hydrogens is 314 g/mol. The first kappa shape index (κ1) is 15.1. The van der Waals surface area contributed by atoms with Crippen LogP contribution in [0.25, 0.3) is 22.6 Å². The van der Waals surface area contributed by atoms with Gasteiger partial charge < -0.3 is 15.0 Å². The first-order chi connectivity index (χ1) is 12.3. The largest absolute Gasteiger partial charge is 0.497 e. The Kier molecular flexibility index (Phi) is 4.00. The van der Waals surface area contributed by atoms with E-state index >= 15 is 0 Å². The number of ether oxygens (including phenoxy) is 1. The minimum absolute atomic E-state index is 0.645. The van der Waals surface area contributed by atoms with E-state index in [1.54, 1.807) is 7.11 Å². The fourth-order valence-corrected chi connectivity index (χ4v) is 2.62. The number of methoxy groups -OCH3 is 1. The van der Waals surface area contributed by atoms with E-state index < -0.39 is 0 Å². The van der Waals surface area contributed by atoms with Crippen molar-refractivity contribution in [1.29, 1.82) is 0 Å². The van der Waals surface area contributed by atoms with E-state index in [1.807, 2.05) is 54.6 Å². The fraction of sp³-hybridized carbons (Fsp3) is 0.105. The van der Waals surface area contributed by atoms with Gasteiger partial charge in [0.1, 0.15) is 23.4 Å². The lowest BCUT2D eigenvalue weighted by Gasteiger charge is -2.07. The smallest absolute Gasteiger partial charge is 0.183 e. The quantitative estimate of drug-likeness (QED) is 0.584. The highest BCUT2D eigenvalue weighted by Crippen LogP contribution is 2.23. The summed E-state index contributed by atoms with van der Waals surface area (Å²) in [6.45, 7) is 0.649. The number of nitrogens with one attached hydrogen (secondary N) is 2. The van der Waals surface area contributed by atoms with Gasteiger partial charge in [-0.3, -0.25) is 0 Å². The van der Waals surface area contributed by atoms with Crippen LogP contribution in [0, 0.1) is 0 Å². The summed E-state index contributed by atoms with van der Waals surface area (Å²) in [6.07, 6.45) is 1.52. The first-order valence-corrected chi connectivity index (χ1v) is 7.96. The molecule has 0 saturated carbocycles. The van der Waals surface area contributed by atoms with E-state index in [9.17, 15) is 0 Å². The Balaban J connectivity index is 1.60. The van der Waals surface area contributed by atoms with Crippen molar-refractivity contribution in [1.82, 2.24) is 19.9 Å². The fourth-order valence-electron chi connectivity index (χ4n) is 2.62. The van der Waals surface area contributed by atoms with Crippen LogP contribution in [0.1, 0.15) is 5.56 Å². The second kappa shape index (κ2) is 6.60. The lowest BCUT2D eigenvalue weighted by molar-refractivity contribution is 0.414. The molecule has 0 spiro atoms. The van der Waals surface area contributed by atoms with Gasteiger partial charge in [0.2, 0.25) is 0 Å². The predicted octanol–water partition coefficient (Wildman–Crippen LogP) is 3.64. The molecule has 0 radical (unpaired) electrons. The molecule has 2 N–H and O–H groups in total. The number of nitrogens with zero attached hydrogens (tertiary/aromatic N) is 3. The SMILES string of the molecule is COc1ccc(CNc2ncnc3nc(-c4ccccc4)[nH]c23)cc1. The summed E-state index contributed by atoms with van der Waals surface area (Å²) in [7, 11) is 1.66. The molecule has 25 heavy (non-hydrogen) atoms. The number of benzene rings is 2. The molecule has 0 atom stereocenters. The molecule has 0 aliphatic carbocycles. The Morgan fingerprint density at radius 3 is 2.56 bits per heavy atom. The van der Waals surface area contributed by atoms with Gasteiger partial charge in [-0.05, 0) is 17.7 Å². The third kappa shape index (κ3) is 3.14. The van der Waals surface area contributed by atoms with Crippen molar-refractivity contribution in [3.8, 4) is 17.1 Å². The van der Waals surface area contributed by atoms with Gasteiger partial charge >= 0.3 is 0 Å². The zero-order valence-corrected chi connectivity index (χ0v) is 13.7. The first-order valence-electron chi connectivity index (χ1n) is 7.96. The molecule has 2 aromatic heterocycles. The Morgan fingerprint density at radius 2 is 1.80 bits per heavy atom. The molecule has 4 aromatic rings. The standard InChI is InChI=1S/C19H17N5O/c1-25-15-9-7-13(8-10-15)11-20-18-16-19(22-12-21-18)24-17(23-16)14-5-3-2-4-6-14/h2-10,12H,11H2,1H3,(H2,20,21,22,23,24). The van der Waals surface area contributed by atoms with Crippen LogP contribution in [0.3, 0.4) is 0 Å². The van der Waals surface area contributed by atoms with Crippen LogP contribution < -0.4 is 10.1 Å². The summed E-state index contributed by atoms with van der Waals surface area (Å²) in [5, 5.41) is 3.34. The molecule has 2 aromatic carbocycles. The van der Waals surface area contributed by atoms with Gasteiger partial charge in [-0.1, -0.05) is 42.5 Å². The van der Waals surface area contributed by atoms with Gasteiger partial charge in [0.25, 0.3) is 0 Å². The molecule has 0 saturated heterocycles. The van der Waals surface area contributed by atoms with Crippen LogP contribution >= 0.6 is 0 Å². The van der Waals surface area contributed by atoms with E-state index in [4.69, 9.17) is 4.74 Å². The maximum atomic E-state index is 5.18. The highest BCUT2D eigenvalue weighted by Gasteiger charge is 2.10. The Bertz CT molecular complexity index is 980. The molecule has 0 unspecified atom stereocenters. The highest BCUT2D eigenvalue weighted by atomic mass is 16.5. The summed E-state index contributed by atoms with van der Waals surface area (Å²) in [5.41, 5.74) is 3.60. The number of aromatic amines is 1. The minimum atomic E-state index is 0.645. The minimum Gasteiger partial charge on any atom is -0.497 e. The molecule has 0 aliphatic heterocycles. The summed E-state index contributed by atoms with van der Waals surface area (Å²) < 4.78 is 5.18. The number of rotatable bonds is 5. The van der Waals surface area contributed by atoms with Crippen LogP contribution in [0.2, 0.25) is 0 Å². The molecular formula is C19H17N5O. The summed E-state index contributed by atoms with van der Waals surface area (Å²) in [5.74, 6) is 2.35. The van der Waals surface area contributed by atoms with Gasteiger partial charge in [-0.2, -0.15) is 0 Å². The molecule has 6 nitrogen and oxygen atoms in total. The van der Waals surface area contributed by atoms with Crippen molar-refractivity contribution in [3.05, 3.63) is 66.5 Å². The Hall–Kier alpha value is -3.41. The molecule has 2 heterocycles. The predicted molar refractivity (Wildman–Crippen MR) is 97.4 cm³/mol. The summed E-state index contributed by atoms with van der Waals surface area (Å²) >= 11 is 0.